The molecule has 9 heteroatoms. The molecule has 9 nitrogen and oxygen atoms in total. The lowest BCUT2D eigenvalue weighted by atomic mass is 9.80. The van der Waals surface area contributed by atoms with Crippen molar-refractivity contribution in [3.8, 4) is 11.6 Å². The molecule has 5 rings (SSSR count). The summed E-state index contributed by atoms with van der Waals surface area (Å²) in [6.45, 7) is 5.46. The summed E-state index contributed by atoms with van der Waals surface area (Å²) in [6, 6.07) is 0.306. The van der Waals surface area contributed by atoms with Gasteiger partial charge in [0.05, 0.1) is 6.33 Å². The number of nitrogens with one attached hydrogen (secondary N) is 2. The Morgan fingerprint density at radius 3 is 2.83 bits per heavy atom. The number of hydrogen-bond acceptors (Lipinski definition) is 7. The molecule has 0 bridgehead atoms. The molecule has 3 heterocycles. The molecule has 0 saturated heterocycles. The first kappa shape index (κ1) is 18.3. The van der Waals surface area contributed by atoms with Gasteiger partial charge in [0.25, 0.3) is 0 Å². The normalized spacial score (nSPS) is 23.4. The van der Waals surface area contributed by atoms with Crippen molar-refractivity contribution >= 4 is 17.0 Å². The van der Waals surface area contributed by atoms with Crippen molar-refractivity contribution in [3.05, 3.63) is 16.9 Å². The standard InChI is InChI=1S/C20H27N7O2/c1-11-6-7-13(8-11)9-27-10-21-16-15(27)17(22-12(2)14-4-3-5-14)24-18(23-16)19-25-20(28)29-26-19/h10-14H,3-9H2,1-2H3,(H,22,23,24)(H,25,26,28)/t11?,12-,13?/m1/s1. The zero-order valence-electron chi connectivity index (χ0n) is 16.9. The number of H-pyrrole nitrogens is 1. The van der Waals surface area contributed by atoms with Crippen LogP contribution in [0.25, 0.3) is 22.8 Å². The molecule has 2 aliphatic rings. The number of hydrogen-bond donors (Lipinski definition) is 2. The molecular weight excluding hydrogens is 370 g/mol. The van der Waals surface area contributed by atoms with Crippen LogP contribution in [0.3, 0.4) is 0 Å². The smallest absolute Gasteiger partial charge is 0.365 e. The molecule has 3 atom stereocenters. The molecular formula is C20H27N7O2. The van der Waals surface area contributed by atoms with E-state index < -0.39 is 5.76 Å². The quantitative estimate of drug-likeness (QED) is 0.656. The molecule has 29 heavy (non-hydrogen) atoms. The van der Waals surface area contributed by atoms with Crippen LogP contribution in [0.2, 0.25) is 0 Å². The van der Waals surface area contributed by atoms with Crippen LogP contribution in [-0.4, -0.2) is 35.7 Å². The van der Waals surface area contributed by atoms with E-state index in [2.05, 4.69) is 48.4 Å². The Morgan fingerprint density at radius 2 is 2.17 bits per heavy atom. The Balaban J connectivity index is 1.53. The second-order valence-electron chi connectivity index (χ2n) is 8.82. The van der Waals surface area contributed by atoms with Crippen LogP contribution in [0.15, 0.2) is 15.6 Å². The van der Waals surface area contributed by atoms with Crippen LogP contribution in [0.5, 0.6) is 0 Å². The highest BCUT2D eigenvalue weighted by Gasteiger charge is 2.27. The summed E-state index contributed by atoms with van der Waals surface area (Å²) in [5.41, 5.74) is 1.53. The van der Waals surface area contributed by atoms with Gasteiger partial charge >= 0.3 is 5.76 Å². The number of rotatable bonds is 6. The first-order valence-electron chi connectivity index (χ1n) is 10.6. The third-order valence-electron chi connectivity index (χ3n) is 6.60. The van der Waals surface area contributed by atoms with E-state index >= 15 is 0 Å². The van der Waals surface area contributed by atoms with Gasteiger partial charge in [-0.25, -0.2) is 19.7 Å². The zero-order chi connectivity index (χ0) is 20.0. The highest BCUT2D eigenvalue weighted by molar-refractivity contribution is 5.85. The summed E-state index contributed by atoms with van der Waals surface area (Å²) in [5, 5.41) is 7.35. The minimum atomic E-state index is -0.623. The Labute approximate surface area is 168 Å². The minimum Gasteiger partial charge on any atom is -0.365 e. The van der Waals surface area contributed by atoms with E-state index in [9.17, 15) is 4.79 Å². The van der Waals surface area contributed by atoms with Gasteiger partial charge in [-0.3, -0.25) is 9.51 Å². The topological polar surface area (TPSA) is 115 Å². The zero-order valence-corrected chi connectivity index (χ0v) is 16.9. The maximum atomic E-state index is 11.4. The lowest BCUT2D eigenvalue weighted by Gasteiger charge is -2.32. The van der Waals surface area contributed by atoms with Gasteiger partial charge in [-0.2, -0.15) is 0 Å². The lowest BCUT2D eigenvalue weighted by Crippen LogP contribution is -2.31. The Kier molecular flexibility index (Phi) is 4.60. The molecule has 0 aromatic carbocycles. The number of aromatic amines is 1. The van der Waals surface area contributed by atoms with Gasteiger partial charge < -0.3 is 9.88 Å². The molecule has 2 aliphatic carbocycles. The number of imidazole rings is 1. The van der Waals surface area contributed by atoms with E-state index in [1.54, 1.807) is 0 Å². The van der Waals surface area contributed by atoms with Crippen LogP contribution in [0.4, 0.5) is 5.82 Å². The molecule has 0 amide bonds. The summed E-state index contributed by atoms with van der Waals surface area (Å²) >= 11 is 0. The number of aromatic nitrogens is 6. The third-order valence-corrected chi connectivity index (χ3v) is 6.60. The van der Waals surface area contributed by atoms with Crippen molar-refractivity contribution < 1.29 is 4.52 Å². The average molecular weight is 397 g/mol. The second kappa shape index (κ2) is 7.27. The highest BCUT2D eigenvalue weighted by Crippen LogP contribution is 2.34. The van der Waals surface area contributed by atoms with Crippen molar-refractivity contribution in [3.63, 3.8) is 0 Å². The second-order valence-corrected chi connectivity index (χ2v) is 8.82. The van der Waals surface area contributed by atoms with E-state index in [1.165, 1.54) is 38.5 Å². The summed E-state index contributed by atoms with van der Waals surface area (Å²) in [7, 11) is 0. The van der Waals surface area contributed by atoms with Gasteiger partial charge in [-0.1, -0.05) is 24.9 Å². The highest BCUT2D eigenvalue weighted by atomic mass is 16.5. The third kappa shape index (κ3) is 3.54. The lowest BCUT2D eigenvalue weighted by molar-refractivity contribution is 0.285. The molecule has 0 spiro atoms. The predicted molar refractivity (Wildman–Crippen MR) is 108 cm³/mol. The fourth-order valence-electron chi connectivity index (χ4n) is 4.69. The Morgan fingerprint density at radius 1 is 1.31 bits per heavy atom. The molecule has 0 radical (unpaired) electrons. The molecule has 2 unspecified atom stereocenters. The van der Waals surface area contributed by atoms with Gasteiger partial charge in [0, 0.05) is 12.6 Å². The minimum absolute atomic E-state index is 0.218. The molecule has 2 N–H and O–H groups in total. The van der Waals surface area contributed by atoms with Crippen LogP contribution in [-0.2, 0) is 6.54 Å². The van der Waals surface area contributed by atoms with Crippen molar-refractivity contribution in [2.75, 3.05) is 5.32 Å². The van der Waals surface area contributed by atoms with Gasteiger partial charge in [-0.05, 0) is 50.4 Å². The molecule has 3 aromatic rings. The monoisotopic (exact) mass is 397 g/mol. The average Bonchev–Trinajstić information content (AvgIpc) is 3.34. The first-order chi connectivity index (χ1) is 14.1. The Bertz CT molecular complexity index is 1060. The van der Waals surface area contributed by atoms with Crippen molar-refractivity contribution in [1.29, 1.82) is 0 Å². The van der Waals surface area contributed by atoms with Gasteiger partial charge in [0.1, 0.15) is 5.52 Å². The van der Waals surface area contributed by atoms with Crippen molar-refractivity contribution in [2.45, 2.75) is 65.0 Å². The van der Waals surface area contributed by atoms with Crippen LogP contribution >= 0.6 is 0 Å². The first-order valence-corrected chi connectivity index (χ1v) is 10.6. The van der Waals surface area contributed by atoms with Gasteiger partial charge in [-0.15, -0.1) is 0 Å². The number of anilines is 1. The van der Waals surface area contributed by atoms with Crippen LogP contribution < -0.4 is 11.1 Å². The maximum Gasteiger partial charge on any atom is 0.439 e. The van der Waals surface area contributed by atoms with E-state index in [4.69, 9.17) is 4.98 Å². The fourth-order valence-corrected chi connectivity index (χ4v) is 4.69. The summed E-state index contributed by atoms with van der Waals surface area (Å²) < 4.78 is 6.82. The van der Waals surface area contributed by atoms with Crippen LogP contribution in [0.1, 0.15) is 52.4 Å². The van der Waals surface area contributed by atoms with E-state index in [0.29, 0.717) is 29.3 Å². The molecule has 2 saturated carbocycles. The summed E-state index contributed by atoms with van der Waals surface area (Å²) in [6.07, 6.45) is 9.43. The summed E-state index contributed by atoms with van der Waals surface area (Å²) in [5.74, 6) is 2.76. The largest absolute Gasteiger partial charge is 0.439 e. The SMILES string of the molecule is CC1CCC(Cn2cnc3nc(-c4noc(=O)[nH]4)nc(N[C@H](C)C4CCC4)c32)C1. The van der Waals surface area contributed by atoms with Gasteiger partial charge in [0.15, 0.2) is 11.5 Å². The number of nitrogens with zero attached hydrogens (tertiary/aromatic N) is 5. The van der Waals surface area contributed by atoms with Crippen LogP contribution in [0, 0.1) is 17.8 Å². The molecule has 154 valence electrons. The molecule has 2 fully saturated rings. The molecule has 3 aromatic heterocycles. The molecule has 0 aliphatic heterocycles. The van der Waals surface area contributed by atoms with E-state index in [0.717, 1.165) is 23.8 Å². The van der Waals surface area contributed by atoms with E-state index in [1.807, 2.05) is 6.33 Å². The van der Waals surface area contributed by atoms with Crippen molar-refractivity contribution in [2.24, 2.45) is 17.8 Å². The van der Waals surface area contributed by atoms with Gasteiger partial charge in [0.2, 0.25) is 11.6 Å². The Hall–Kier alpha value is -2.71. The summed E-state index contributed by atoms with van der Waals surface area (Å²) in [4.78, 5) is 27.7. The fraction of sp³-hybridized carbons (Fsp3) is 0.650. The van der Waals surface area contributed by atoms with Crippen molar-refractivity contribution in [1.82, 2.24) is 29.7 Å². The number of fused-ring (bicyclic) bond motifs is 1. The maximum absolute atomic E-state index is 11.4. The predicted octanol–water partition coefficient (Wildman–Crippen LogP) is 3.21. The van der Waals surface area contributed by atoms with E-state index in [-0.39, 0.29) is 5.82 Å².